The van der Waals surface area contributed by atoms with Gasteiger partial charge in [0.15, 0.2) is 11.6 Å². The standard InChI is InChI=1S/C17H13F3N2/c1-2-10-11-4-3-5-12(17(11)22-8-15(10)21)13-6-9(18)7-14(19)16(13)20/h3-8H,2,21H2,1H3. The van der Waals surface area contributed by atoms with Crippen LogP contribution in [0.5, 0.6) is 0 Å². The molecule has 2 N–H and O–H groups in total. The Morgan fingerprint density at radius 2 is 1.86 bits per heavy atom. The van der Waals surface area contributed by atoms with E-state index in [0.717, 1.165) is 17.0 Å². The Kier molecular flexibility index (Phi) is 3.48. The van der Waals surface area contributed by atoms with Gasteiger partial charge in [0.2, 0.25) is 0 Å². The molecule has 0 unspecified atom stereocenters. The summed E-state index contributed by atoms with van der Waals surface area (Å²) in [6.07, 6.45) is 2.16. The number of hydrogen-bond donors (Lipinski definition) is 1. The molecule has 5 heteroatoms. The second-order valence-corrected chi connectivity index (χ2v) is 5.00. The lowest BCUT2D eigenvalue weighted by Gasteiger charge is -2.12. The summed E-state index contributed by atoms with van der Waals surface area (Å²) in [5, 5.41) is 0.754. The van der Waals surface area contributed by atoms with E-state index in [1.165, 1.54) is 6.20 Å². The highest BCUT2D eigenvalue weighted by molar-refractivity contribution is 5.97. The fourth-order valence-corrected chi connectivity index (χ4v) is 2.66. The van der Waals surface area contributed by atoms with Crippen LogP contribution in [0.2, 0.25) is 0 Å². The Bertz CT molecular complexity index is 875. The first-order valence-electron chi connectivity index (χ1n) is 6.84. The Labute approximate surface area is 125 Å². The largest absolute Gasteiger partial charge is 0.397 e. The molecule has 0 amide bonds. The lowest BCUT2D eigenvalue weighted by Crippen LogP contribution is -1.98. The summed E-state index contributed by atoms with van der Waals surface area (Å²) in [6.45, 7) is 1.94. The summed E-state index contributed by atoms with van der Waals surface area (Å²) in [5.41, 5.74) is 7.98. The smallest absolute Gasteiger partial charge is 0.166 e. The van der Waals surface area contributed by atoms with E-state index in [1.807, 2.05) is 13.0 Å². The van der Waals surface area contributed by atoms with E-state index in [4.69, 9.17) is 5.73 Å². The van der Waals surface area contributed by atoms with Crippen molar-refractivity contribution in [2.45, 2.75) is 13.3 Å². The number of nitrogens with two attached hydrogens (primary N) is 1. The molecule has 3 rings (SSSR count). The zero-order valence-electron chi connectivity index (χ0n) is 11.8. The van der Waals surface area contributed by atoms with Gasteiger partial charge >= 0.3 is 0 Å². The summed E-state index contributed by atoms with van der Waals surface area (Å²) >= 11 is 0. The van der Waals surface area contributed by atoms with E-state index >= 15 is 0 Å². The average molecular weight is 302 g/mol. The molecule has 2 nitrogen and oxygen atoms in total. The van der Waals surface area contributed by atoms with Gasteiger partial charge < -0.3 is 5.73 Å². The van der Waals surface area contributed by atoms with Crippen LogP contribution in [-0.2, 0) is 6.42 Å². The summed E-state index contributed by atoms with van der Waals surface area (Å²) in [7, 11) is 0. The van der Waals surface area contributed by atoms with E-state index in [2.05, 4.69) is 4.98 Å². The van der Waals surface area contributed by atoms with Crippen LogP contribution < -0.4 is 5.73 Å². The predicted molar refractivity (Wildman–Crippen MR) is 80.8 cm³/mol. The molecule has 2 aromatic carbocycles. The molecule has 0 spiro atoms. The number of rotatable bonds is 2. The van der Waals surface area contributed by atoms with Gasteiger partial charge in [-0.25, -0.2) is 13.2 Å². The van der Waals surface area contributed by atoms with Crippen molar-refractivity contribution in [3.05, 3.63) is 59.5 Å². The van der Waals surface area contributed by atoms with Gasteiger partial charge in [0.05, 0.1) is 17.4 Å². The van der Waals surface area contributed by atoms with Gasteiger partial charge in [0, 0.05) is 22.6 Å². The third-order valence-corrected chi connectivity index (χ3v) is 3.68. The lowest BCUT2D eigenvalue weighted by atomic mass is 9.97. The maximum absolute atomic E-state index is 14.1. The summed E-state index contributed by atoms with van der Waals surface area (Å²) in [5.74, 6) is -3.15. The molecule has 0 saturated heterocycles. The predicted octanol–water partition coefficient (Wildman–Crippen LogP) is 4.46. The number of aryl methyl sites for hydroxylation is 1. The topological polar surface area (TPSA) is 38.9 Å². The Morgan fingerprint density at radius 1 is 1.09 bits per heavy atom. The molecule has 0 bridgehead atoms. The van der Waals surface area contributed by atoms with Crippen molar-refractivity contribution >= 4 is 16.6 Å². The molecule has 1 heterocycles. The minimum Gasteiger partial charge on any atom is -0.397 e. The van der Waals surface area contributed by atoms with Gasteiger partial charge in [-0.05, 0) is 18.1 Å². The summed E-state index contributed by atoms with van der Waals surface area (Å²) in [4.78, 5) is 4.23. The molecule has 1 aromatic heterocycles. The lowest BCUT2D eigenvalue weighted by molar-refractivity contribution is 0.497. The van der Waals surface area contributed by atoms with Gasteiger partial charge in [-0.1, -0.05) is 25.1 Å². The summed E-state index contributed by atoms with van der Waals surface area (Å²) < 4.78 is 41.0. The monoisotopic (exact) mass is 302 g/mol. The van der Waals surface area contributed by atoms with Crippen LogP contribution in [0.4, 0.5) is 18.9 Å². The molecule has 0 fully saturated rings. The number of anilines is 1. The van der Waals surface area contributed by atoms with E-state index < -0.39 is 17.5 Å². The van der Waals surface area contributed by atoms with Crippen LogP contribution in [0, 0.1) is 17.5 Å². The molecular formula is C17H13F3N2. The fourth-order valence-electron chi connectivity index (χ4n) is 2.66. The minimum absolute atomic E-state index is 0.151. The molecule has 0 aliphatic heterocycles. The highest BCUT2D eigenvalue weighted by Crippen LogP contribution is 2.33. The highest BCUT2D eigenvalue weighted by Gasteiger charge is 2.16. The Balaban J connectivity index is 2.38. The second kappa shape index (κ2) is 5.33. The number of nitrogens with zero attached hydrogens (tertiary/aromatic N) is 1. The molecule has 0 saturated carbocycles. The number of para-hydroxylation sites is 1. The van der Waals surface area contributed by atoms with Crippen LogP contribution in [0.3, 0.4) is 0 Å². The highest BCUT2D eigenvalue weighted by atomic mass is 19.2. The van der Waals surface area contributed by atoms with Gasteiger partial charge in [0.25, 0.3) is 0 Å². The fraction of sp³-hybridized carbons (Fsp3) is 0.118. The molecule has 0 aliphatic rings. The Hall–Kier alpha value is -2.56. The number of pyridine rings is 1. The van der Waals surface area contributed by atoms with Crippen molar-refractivity contribution in [2.75, 3.05) is 5.73 Å². The quantitative estimate of drug-likeness (QED) is 0.710. The zero-order chi connectivity index (χ0) is 15.9. The van der Waals surface area contributed by atoms with Gasteiger partial charge in [0.1, 0.15) is 5.82 Å². The molecule has 3 aromatic rings. The van der Waals surface area contributed by atoms with Crippen molar-refractivity contribution < 1.29 is 13.2 Å². The van der Waals surface area contributed by atoms with Crippen LogP contribution in [-0.4, -0.2) is 4.98 Å². The van der Waals surface area contributed by atoms with E-state index in [-0.39, 0.29) is 5.56 Å². The third kappa shape index (κ3) is 2.19. The number of benzene rings is 2. The van der Waals surface area contributed by atoms with Gasteiger partial charge in [-0.3, -0.25) is 4.98 Å². The Morgan fingerprint density at radius 3 is 2.59 bits per heavy atom. The first-order valence-corrected chi connectivity index (χ1v) is 6.84. The van der Waals surface area contributed by atoms with Crippen LogP contribution in [0.15, 0.2) is 36.5 Å². The molecule has 0 aliphatic carbocycles. The first-order chi connectivity index (χ1) is 10.5. The van der Waals surface area contributed by atoms with Crippen molar-refractivity contribution in [1.82, 2.24) is 4.98 Å². The number of nitrogen functional groups attached to an aromatic ring is 1. The summed E-state index contributed by atoms with van der Waals surface area (Å²) in [6, 6.07) is 6.58. The van der Waals surface area contributed by atoms with Crippen molar-refractivity contribution in [1.29, 1.82) is 0 Å². The number of hydrogen-bond acceptors (Lipinski definition) is 2. The third-order valence-electron chi connectivity index (χ3n) is 3.68. The van der Waals surface area contributed by atoms with Crippen LogP contribution in [0.1, 0.15) is 12.5 Å². The number of halogens is 3. The van der Waals surface area contributed by atoms with Crippen LogP contribution in [0.25, 0.3) is 22.0 Å². The zero-order valence-corrected chi connectivity index (χ0v) is 11.8. The SMILES string of the molecule is CCc1c(N)cnc2c(-c3cc(F)cc(F)c3F)cccc12. The van der Waals surface area contributed by atoms with E-state index in [0.29, 0.717) is 29.3 Å². The molecule has 0 radical (unpaired) electrons. The normalized spacial score (nSPS) is 11.1. The number of fused-ring (bicyclic) bond motifs is 1. The van der Waals surface area contributed by atoms with E-state index in [1.54, 1.807) is 12.1 Å². The molecular weight excluding hydrogens is 289 g/mol. The molecule has 112 valence electrons. The van der Waals surface area contributed by atoms with E-state index in [9.17, 15) is 13.2 Å². The van der Waals surface area contributed by atoms with Crippen molar-refractivity contribution in [3.8, 4) is 11.1 Å². The number of aromatic nitrogens is 1. The second-order valence-electron chi connectivity index (χ2n) is 5.00. The van der Waals surface area contributed by atoms with Crippen molar-refractivity contribution in [3.63, 3.8) is 0 Å². The maximum atomic E-state index is 14.1. The maximum Gasteiger partial charge on any atom is 0.166 e. The van der Waals surface area contributed by atoms with Crippen molar-refractivity contribution in [2.24, 2.45) is 0 Å². The average Bonchev–Trinajstić information content (AvgIpc) is 2.50. The molecule has 0 atom stereocenters. The van der Waals surface area contributed by atoms with Gasteiger partial charge in [-0.15, -0.1) is 0 Å². The first kappa shape index (κ1) is 14.4. The minimum atomic E-state index is -1.22. The molecule has 22 heavy (non-hydrogen) atoms. The van der Waals surface area contributed by atoms with Gasteiger partial charge in [-0.2, -0.15) is 0 Å². The van der Waals surface area contributed by atoms with Crippen LogP contribution >= 0.6 is 0 Å².